The highest BCUT2D eigenvalue weighted by atomic mass is 31.1. The molecular weight excluding hydrogens is 294 g/mol. The minimum Gasteiger partial charge on any atom is -0.251 e. The van der Waals surface area contributed by atoms with E-state index >= 15 is 0 Å². The molecule has 1 rings (SSSR count). The van der Waals surface area contributed by atoms with Gasteiger partial charge in [-0.15, -0.1) is 8.58 Å². The summed E-state index contributed by atoms with van der Waals surface area (Å²) in [5.74, 6) is 0. The molecule has 110 valence electrons. The molecule has 5 unspecified atom stereocenters. The molecule has 1 aliphatic carbocycles. The van der Waals surface area contributed by atoms with E-state index in [9.17, 15) is 17.6 Å². The lowest BCUT2D eigenvalue weighted by Crippen LogP contribution is -2.08. The first-order chi connectivity index (χ1) is 9.17. The van der Waals surface area contributed by atoms with Gasteiger partial charge in [0.2, 0.25) is 0 Å². The number of hydrogen-bond acceptors (Lipinski definition) is 0. The van der Waals surface area contributed by atoms with Crippen molar-refractivity contribution in [2.24, 2.45) is 0 Å². The van der Waals surface area contributed by atoms with Gasteiger partial charge < -0.3 is 0 Å². The predicted molar refractivity (Wildman–Crippen MR) is 78.4 cm³/mol. The third-order valence-electron chi connectivity index (χ3n) is 2.85. The Balaban J connectivity index is 2.27. The minimum atomic E-state index is -1.09. The largest absolute Gasteiger partial charge is 0.251 e. The van der Waals surface area contributed by atoms with E-state index in [1.165, 1.54) is 0 Å². The quantitative estimate of drug-likeness (QED) is 0.409. The minimum absolute atomic E-state index is 0.0339. The average Bonchev–Trinajstić information content (AvgIpc) is 2.82. The maximum atomic E-state index is 13.2. The van der Waals surface area contributed by atoms with E-state index in [1.54, 1.807) is 0 Å². The lowest BCUT2D eigenvalue weighted by Gasteiger charge is -2.16. The summed E-state index contributed by atoms with van der Waals surface area (Å²) in [6, 6.07) is 0. The molecule has 0 spiro atoms. The van der Waals surface area contributed by atoms with Crippen molar-refractivity contribution in [3.8, 4) is 0 Å². The number of halogens is 4. The molecule has 0 fully saturated rings. The van der Waals surface area contributed by atoms with Crippen molar-refractivity contribution < 1.29 is 17.6 Å². The molecule has 0 heterocycles. The monoisotopic (exact) mass is 314 g/mol. The molecule has 1 aliphatic rings. The van der Waals surface area contributed by atoms with Crippen LogP contribution in [0.2, 0.25) is 0 Å². The normalized spacial score (nSPS) is 22.7. The summed E-state index contributed by atoms with van der Waals surface area (Å²) < 4.78 is 50.4. The maximum absolute atomic E-state index is 13.2. The highest BCUT2D eigenvalue weighted by Gasteiger charge is 2.18. The number of alkyl halides is 4. The summed E-state index contributed by atoms with van der Waals surface area (Å²) in [6.45, 7) is -1.25. The van der Waals surface area contributed by atoms with Crippen LogP contribution in [0, 0.1) is 0 Å². The van der Waals surface area contributed by atoms with E-state index < -0.39 is 25.7 Å². The van der Waals surface area contributed by atoms with Gasteiger partial charge in [-0.1, -0.05) is 26.8 Å². The summed E-state index contributed by atoms with van der Waals surface area (Å²) in [4.78, 5) is 0. The van der Waals surface area contributed by atoms with Gasteiger partial charge in [-0.2, -0.15) is 0 Å². The van der Waals surface area contributed by atoms with Crippen LogP contribution >= 0.6 is 17.2 Å². The van der Waals surface area contributed by atoms with Crippen LogP contribution in [0.1, 0.15) is 12.8 Å². The SMILES string of the molecule is FCCC(F)CPC1=CC=CC1PCC(F)CCF. The third-order valence-corrected chi connectivity index (χ3v) is 6.29. The van der Waals surface area contributed by atoms with Gasteiger partial charge >= 0.3 is 0 Å². The second-order valence-corrected chi connectivity index (χ2v) is 7.20. The zero-order valence-electron chi connectivity index (χ0n) is 10.7. The molecule has 0 aromatic rings. The van der Waals surface area contributed by atoms with Crippen LogP contribution in [0.3, 0.4) is 0 Å². The maximum Gasteiger partial charge on any atom is 0.107 e. The standard InChI is InChI=1S/C13H20F4P2/c14-6-4-10(16)8-18-12-2-1-3-13(12)19-9-11(17)5-7-15/h1-3,10-12,18-19H,4-9H2. The Kier molecular flexibility index (Phi) is 8.90. The molecule has 0 radical (unpaired) electrons. The van der Waals surface area contributed by atoms with E-state index in [1.807, 2.05) is 18.2 Å². The van der Waals surface area contributed by atoms with Crippen LogP contribution in [-0.4, -0.2) is 43.7 Å². The fourth-order valence-electron chi connectivity index (χ4n) is 1.75. The highest BCUT2D eigenvalue weighted by molar-refractivity contribution is 7.47. The van der Waals surface area contributed by atoms with Crippen molar-refractivity contribution in [1.29, 1.82) is 0 Å². The topological polar surface area (TPSA) is 0 Å². The van der Waals surface area contributed by atoms with Crippen molar-refractivity contribution in [2.75, 3.05) is 25.7 Å². The second-order valence-electron chi connectivity index (χ2n) is 4.42. The molecule has 5 atom stereocenters. The molecule has 6 heteroatoms. The first-order valence-corrected chi connectivity index (χ1v) is 8.92. The number of rotatable bonds is 10. The number of hydrogen-bond donors (Lipinski definition) is 0. The van der Waals surface area contributed by atoms with Gasteiger partial charge in [0.25, 0.3) is 0 Å². The summed E-state index contributed by atoms with van der Waals surface area (Å²) >= 11 is 0. The van der Waals surface area contributed by atoms with E-state index in [-0.39, 0.29) is 18.5 Å². The Morgan fingerprint density at radius 2 is 1.68 bits per heavy atom. The van der Waals surface area contributed by atoms with Crippen LogP contribution in [0.25, 0.3) is 0 Å². The third kappa shape index (κ3) is 6.86. The molecular formula is C13H20F4P2. The van der Waals surface area contributed by atoms with Crippen LogP contribution in [0.15, 0.2) is 23.5 Å². The van der Waals surface area contributed by atoms with Crippen LogP contribution in [0.5, 0.6) is 0 Å². The van der Waals surface area contributed by atoms with Crippen molar-refractivity contribution >= 4 is 17.2 Å². The van der Waals surface area contributed by atoms with Crippen molar-refractivity contribution in [1.82, 2.24) is 0 Å². The van der Waals surface area contributed by atoms with E-state index in [4.69, 9.17) is 0 Å². The lowest BCUT2D eigenvalue weighted by molar-refractivity contribution is 0.308. The Hall–Kier alpha value is 0.0600. The van der Waals surface area contributed by atoms with Gasteiger partial charge in [-0.25, -0.2) is 8.78 Å². The Labute approximate surface area is 115 Å². The molecule has 0 aromatic heterocycles. The molecule has 0 saturated heterocycles. The highest BCUT2D eigenvalue weighted by Crippen LogP contribution is 2.41. The van der Waals surface area contributed by atoms with E-state index in [2.05, 4.69) is 0 Å². The molecule has 0 amide bonds. The predicted octanol–water partition coefficient (Wildman–Crippen LogP) is 4.56. The summed E-state index contributed by atoms with van der Waals surface area (Å²) in [5.41, 5.74) is 0.175. The van der Waals surface area contributed by atoms with Crippen molar-refractivity contribution in [3.05, 3.63) is 23.5 Å². The fourth-order valence-corrected chi connectivity index (χ4v) is 4.83. The van der Waals surface area contributed by atoms with Crippen LogP contribution in [-0.2, 0) is 0 Å². The van der Waals surface area contributed by atoms with Crippen molar-refractivity contribution in [3.63, 3.8) is 0 Å². The van der Waals surface area contributed by atoms with Crippen LogP contribution in [0.4, 0.5) is 17.6 Å². The summed E-state index contributed by atoms with van der Waals surface area (Å²) in [7, 11) is 0.702. The molecule has 0 saturated carbocycles. The summed E-state index contributed by atoms with van der Waals surface area (Å²) in [6.07, 6.45) is 4.32. The molecule has 0 N–H and O–H groups in total. The van der Waals surface area contributed by atoms with E-state index in [0.29, 0.717) is 29.5 Å². The zero-order valence-corrected chi connectivity index (χ0v) is 12.7. The first-order valence-electron chi connectivity index (χ1n) is 6.43. The number of allylic oxidation sites excluding steroid dienone is 4. The van der Waals surface area contributed by atoms with Crippen LogP contribution < -0.4 is 0 Å². The molecule has 19 heavy (non-hydrogen) atoms. The molecule has 0 bridgehead atoms. The smallest absolute Gasteiger partial charge is 0.107 e. The first kappa shape index (κ1) is 17.1. The van der Waals surface area contributed by atoms with Gasteiger partial charge in [0.1, 0.15) is 12.3 Å². The summed E-state index contributed by atoms with van der Waals surface area (Å²) in [5, 5.41) is 1.12. The van der Waals surface area contributed by atoms with Gasteiger partial charge in [0.15, 0.2) is 0 Å². The fraction of sp³-hybridized carbons (Fsp3) is 0.692. The Morgan fingerprint density at radius 1 is 1.05 bits per heavy atom. The Morgan fingerprint density at radius 3 is 2.32 bits per heavy atom. The zero-order chi connectivity index (χ0) is 14.1. The van der Waals surface area contributed by atoms with E-state index in [0.717, 1.165) is 5.31 Å². The molecule has 0 nitrogen and oxygen atoms in total. The van der Waals surface area contributed by atoms with Gasteiger partial charge in [-0.3, -0.25) is 8.78 Å². The van der Waals surface area contributed by atoms with Crippen molar-refractivity contribution in [2.45, 2.75) is 30.8 Å². The lowest BCUT2D eigenvalue weighted by atomic mass is 10.3. The van der Waals surface area contributed by atoms with Gasteiger partial charge in [0, 0.05) is 24.7 Å². The van der Waals surface area contributed by atoms with Gasteiger partial charge in [-0.05, 0) is 11.5 Å². The second kappa shape index (κ2) is 9.88. The molecule has 0 aliphatic heterocycles. The van der Waals surface area contributed by atoms with Gasteiger partial charge in [0.05, 0.1) is 13.3 Å². The average molecular weight is 314 g/mol. The Bertz CT molecular complexity index is 307. The molecule has 0 aromatic carbocycles.